The quantitative estimate of drug-likeness (QED) is 0.908. The molecule has 1 aromatic carbocycles. The molecule has 0 aliphatic carbocycles. The zero-order valence-electron chi connectivity index (χ0n) is 11.7. The van der Waals surface area contributed by atoms with E-state index in [2.05, 4.69) is 10.3 Å². The van der Waals surface area contributed by atoms with Crippen LogP contribution in [-0.2, 0) is 11.3 Å². The summed E-state index contributed by atoms with van der Waals surface area (Å²) in [6.07, 6.45) is -2.07. The third-order valence-electron chi connectivity index (χ3n) is 2.89. The molecule has 1 heterocycles. The Morgan fingerprint density at radius 1 is 1.09 bits per heavy atom. The highest BCUT2D eigenvalue weighted by molar-refractivity contribution is 6.04. The van der Waals surface area contributed by atoms with Crippen molar-refractivity contribution in [3.05, 3.63) is 59.9 Å². The van der Waals surface area contributed by atoms with Crippen molar-refractivity contribution in [2.45, 2.75) is 12.7 Å². The van der Waals surface area contributed by atoms with Crippen molar-refractivity contribution in [2.75, 3.05) is 5.32 Å². The van der Waals surface area contributed by atoms with Crippen molar-refractivity contribution in [3.8, 4) is 0 Å². The molecule has 0 fully saturated rings. The van der Waals surface area contributed by atoms with Gasteiger partial charge in [0.25, 0.3) is 5.91 Å². The van der Waals surface area contributed by atoms with Crippen LogP contribution in [0.1, 0.15) is 15.9 Å². The van der Waals surface area contributed by atoms with Crippen LogP contribution in [0.25, 0.3) is 0 Å². The second kappa shape index (κ2) is 6.91. The maximum Gasteiger partial charge on any atom is 0.471 e. The Bertz CT molecular complexity index is 703. The molecule has 120 valence electrons. The number of hydrogen-bond acceptors (Lipinski definition) is 3. The smallest absolute Gasteiger partial charge is 0.344 e. The lowest BCUT2D eigenvalue weighted by atomic mass is 10.1. The van der Waals surface area contributed by atoms with Crippen LogP contribution in [0, 0.1) is 0 Å². The van der Waals surface area contributed by atoms with Gasteiger partial charge in [-0.1, -0.05) is 18.2 Å². The van der Waals surface area contributed by atoms with Gasteiger partial charge < -0.3 is 10.6 Å². The van der Waals surface area contributed by atoms with Crippen LogP contribution in [0.5, 0.6) is 0 Å². The average Bonchev–Trinajstić information content (AvgIpc) is 2.53. The predicted molar refractivity (Wildman–Crippen MR) is 76.5 cm³/mol. The van der Waals surface area contributed by atoms with Crippen molar-refractivity contribution in [1.82, 2.24) is 10.3 Å². The van der Waals surface area contributed by atoms with E-state index in [0.717, 1.165) is 0 Å². The van der Waals surface area contributed by atoms with Crippen molar-refractivity contribution >= 4 is 17.5 Å². The number of amides is 2. The maximum atomic E-state index is 12.2. The molecule has 0 saturated carbocycles. The van der Waals surface area contributed by atoms with Crippen LogP contribution in [-0.4, -0.2) is 23.0 Å². The van der Waals surface area contributed by atoms with E-state index in [4.69, 9.17) is 0 Å². The van der Waals surface area contributed by atoms with Crippen molar-refractivity contribution < 1.29 is 22.8 Å². The van der Waals surface area contributed by atoms with E-state index in [9.17, 15) is 22.8 Å². The van der Waals surface area contributed by atoms with Gasteiger partial charge in [-0.15, -0.1) is 0 Å². The molecular weight excluding hydrogens is 311 g/mol. The number of nitrogens with zero attached hydrogens (tertiary/aromatic N) is 1. The number of pyridine rings is 1. The Balaban J connectivity index is 2.09. The summed E-state index contributed by atoms with van der Waals surface area (Å²) >= 11 is 0. The van der Waals surface area contributed by atoms with Gasteiger partial charge in [-0.25, -0.2) is 0 Å². The number of nitrogens with one attached hydrogen (secondary N) is 2. The first kappa shape index (κ1) is 16.5. The van der Waals surface area contributed by atoms with Crippen LogP contribution in [0.15, 0.2) is 48.8 Å². The minimum Gasteiger partial charge on any atom is -0.344 e. The molecule has 0 radical (unpaired) electrons. The van der Waals surface area contributed by atoms with E-state index in [1.54, 1.807) is 29.6 Å². The van der Waals surface area contributed by atoms with Crippen molar-refractivity contribution in [1.29, 1.82) is 0 Å². The van der Waals surface area contributed by atoms with Gasteiger partial charge >= 0.3 is 12.1 Å². The lowest BCUT2D eigenvalue weighted by molar-refractivity contribution is -0.173. The number of carbonyl (C=O) groups is 2. The number of anilines is 1. The first-order valence-corrected chi connectivity index (χ1v) is 6.52. The van der Waals surface area contributed by atoms with Crippen LogP contribution in [0.3, 0.4) is 0 Å². The highest BCUT2D eigenvalue weighted by atomic mass is 19.4. The fraction of sp³-hybridized carbons (Fsp3) is 0.133. The van der Waals surface area contributed by atoms with Gasteiger partial charge in [0.15, 0.2) is 0 Å². The van der Waals surface area contributed by atoms with Crippen LogP contribution >= 0.6 is 0 Å². The molecule has 2 rings (SSSR count). The fourth-order valence-corrected chi connectivity index (χ4v) is 1.76. The summed E-state index contributed by atoms with van der Waals surface area (Å²) in [6.45, 7) is -0.359. The summed E-state index contributed by atoms with van der Waals surface area (Å²) < 4.78 is 36.6. The SMILES string of the molecule is O=C(Nc1ccccc1CNC(=O)C(F)(F)F)c1cccnc1. The Hall–Kier alpha value is -2.90. The van der Waals surface area contributed by atoms with Gasteiger partial charge in [0.1, 0.15) is 0 Å². The number of rotatable bonds is 4. The zero-order valence-corrected chi connectivity index (χ0v) is 11.7. The number of carbonyl (C=O) groups excluding carboxylic acids is 2. The second-order valence-electron chi connectivity index (χ2n) is 4.53. The first-order chi connectivity index (χ1) is 10.9. The number of aromatic nitrogens is 1. The van der Waals surface area contributed by atoms with Crippen LogP contribution in [0.2, 0.25) is 0 Å². The molecule has 0 unspecified atom stereocenters. The fourth-order valence-electron chi connectivity index (χ4n) is 1.76. The summed E-state index contributed by atoms with van der Waals surface area (Å²) in [4.78, 5) is 26.7. The molecule has 0 atom stereocenters. The number of alkyl halides is 3. The normalized spacial score (nSPS) is 10.9. The average molecular weight is 323 g/mol. The Kier molecular flexibility index (Phi) is 4.95. The summed E-state index contributed by atoms with van der Waals surface area (Å²) in [5, 5.41) is 4.34. The van der Waals surface area contributed by atoms with Gasteiger partial charge in [0.2, 0.25) is 0 Å². The summed E-state index contributed by atoms with van der Waals surface area (Å²) in [6, 6.07) is 9.39. The van der Waals surface area contributed by atoms with E-state index in [0.29, 0.717) is 16.8 Å². The largest absolute Gasteiger partial charge is 0.471 e. The van der Waals surface area contributed by atoms with Gasteiger partial charge in [0.05, 0.1) is 5.56 Å². The second-order valence-corrected chi connectivity index (χ2v) is 4.53. The standard InChI is InChI=1S/C15H12F3N3O2/c16-15(17,18)14(23)20-9-10-4-1-2-6-12(10)21-13(22)11-5-3-7-19-8-11/h1-8H,9H2,(H,20,23)(H,21,22). The molecule has 0 bridgehead atoms. The first-order valence-electron chi connectivity index (χ1n) is 6.52. The molecule has 0 saturated heterocycles. The molecule has 8 heteroatoms. The van der Waals surface area contributed by atoms with Gasteiger partial charge in [-0.05, 0) is 23.8 Å². The molecular formula is C15H12F3N3O2. The number of halogens is 3. The minimum absolute atomic E-state index is 0.307. The van der Waals surface area contributed by atoms with Gasteiger partial charge in [-0.2, -0.15) is 13.2 Å². The van der Waals surface area contributed by atoms with Crippen LogP contribution in [0.4, 0.5) is 18.9 Å². The molecule has 0 aliphatic heterocycles. The number of benzene rings is 1. The number of hydrogen-bond donors (Lipinski definition) is 2. The lowest BCUT2D eigenvalue weighted by Gasteiger charge is -2.12. The summed E-state index contributed by atoms with van der Waals surface area (Å²) in [7, 11) is 0. The van der Waals surface area contributed by atoms with E-state index in [1.807, 2.05) is 0 Å². The van der Waals surface area contributed by atoms with E-state index in [1.165, 1.54) is 24.5 Å². The highest BCUT2D eigenvalue weighted by Crippen LogP contribution is 2.18. The third-order valence-corrected chi connectivity index (χ3v) is 2.89. The summed E-state index contributed by atoms with van der Waals surface area (Å²) in [5.74, 6) is -2.49. The Morgan fingerprint density at radius 3 is 2.48 bits per heavy atom. The minimum atomic E-state index is -4.95. The zero-order chi connectivity index (χ0) is 16.9. The number of para-hydroxylation sites is 1. The highest BCUT2D eigenvalue weighted by Gasteiger charge is 2.38. The van der Waals surface area contributed by atoms with Gasteiger partial charge in [-0.3, -0.25) is 14.6 Å². The molecule has 2 aromatic rings. The lowest BCUT2D eigenvalue weighted by Crippen LogP contribution is -2.36. The topological polar surface area (TPSA) is 71.1 Å². The predicted octanol–water partition coefficient (Wildman–Crippen LogP) is 2.51. The van der Waals surface area contributed by atoms with E-state index < -0.39 is 18.0 Å². The third kappa shape index (κ3) is 4.53. The van der Waals surface area contributed by atoms with E-state index >= 15 is 0 Å². The summed E-state index contributed by atoms with van der Waals surface area (Å²) in [5.41, 5.74) is 0.966. The molecule has 23 heavy (non-hydrogen) atoms. The molecule has 5 nitrogen and oxygen atoms in total. The molecule has 0 aliphatic rings. The van der Waals surface area contributed by atoms with Crippen molar-refractivity contribution in [2.24, 2.45) is 0 Å². The molecule has 2 N–H and O–H groups in total. The molecule has 1 aromatic heterocycles. The van der Waals surface area contributed by atoms with E-state index in [-0.39, 0.29) is 6.54 Å². The Morgan fingerprint density at radius 2 is 1.83 bits per heavy atom. The molecule has 0 spiro atoms. The van der Waals surface area contributed by atoms with Crippen molar-refractivity contribution in [3.63, 3.8) is 0 Å². The van der Waals surface area contributed by atoms with Gasteiger partial charge in [0, 0.05) is 24.6 Å². The Labute approximate surface area is 129 Å². The maximum absolute atomic E-state index is 12.2. The monoisotopic (exact) mass is 323 g/mol. The van der Waals surface area contributed by atoms with Crippen LogP contribution < -0.4 is 10.6 Å². The molecule has 2 amide bonds.